The van der Waals surface area contributed by atoms with Crippen molar-refractivity contribution in [3.8, 4) is 0 Å². The lowest BCUT2D eigenvalue weighted by Gasteiger charge is -2.17. The highest BCUT2D eigenvalue weighted by Crippen LogP contribution is 2.22. The van der Waals surface area contributed by atoms with E-state index in [0.29, 0.717) is 25.3 Å². The van der Waals surface area contributed by atoms with Gasteiger partial charge < -0.3 is 16.0 Å². The van der Waals surface area contributed by atoms with Gasteiger partial charge in [-0.25, -0.2) is 0 Å². The second kappa shape index (κ2) is 7.40. The van der Waals surface area contributed by atoms with E-state index in [1.807, 2.05) is 38.1 Å². The molecule has 1 aromatic carbocycles. The van der Waals surface area contributed by atoms with Gasteiger partial charge in [0.2, 0.25) is 11.8 Å². The second-order valence-corrected chi connectivity index (χ2v) is 6.27. The molecule has 1 aliphatic rings. The summed E-state index contributed by atoms with van der Waals surface area (Å²) in [6.45, 7) is 5.29. The summed E-state index contributed by atoms with van der Waals surface area (Å²) in [7, 11) is 0. The third kappa shape index (κ3) is 4.31. The highest BCUT2D eigenvalue weighted by molar-refractivity contribution is 5.95. The summed E-state index contributed by atoms with van der Waals surface area (Å²) < 4.78 is 0. The van der Waals surface area contributed by atoms with E-state index in [2.05, 4.69) is 5.32 Å². The predicted octanol–water partition coefficient (Wildman–Crippen LogP) is 1.80. The number of nitrogens with zero attached hydrogens (tertiary/aromatic N) is 1. The van der Waals surface area contributed by atoms with Gasteiger partial charge in [-0.15, -0.1) is 0 Å². The summed E-state index contributed by atoms with van der Waals surface area (Å²) in [4.78, 5) is 25.5. The topological polar surface area (TPSA) is 75.4 Å². The zero-order valence-corrected chi connectivity index (χ0v) is 13.3. The number of benzene rings is 1. The van der Waals surface area contributed by atoms with Crippen LogP contribution in [0.25, 0.3) is 0 Å². The minimum Gasteiger partial charge on any atom is -0.351 e. The number of hydrogen-bond donors (Lipinski definition) is 2. The molecule has 1 saturated heterocycles. The lowest BCUT2D eigenvalue weighted by atomic mass is 10.0. The maximum atomic E-state index is 11.9. The smallest absolute Gasteiger partial charge is 0.237 e. The molecule has 3 N–H and O–H groups in total. The summed E-state index contributed by atoms with van der Waals surface area (Å²) in [6, 6.07) is 7.27. The molecule has 1 heterocycles. The number of anilines is 1. The summed E-state index contributed by atoms with van der Waals surface area (Å²) >= 11 is 0. The van der Waals surface area contributed by atoms with Crippen LogP contribution in [0.15, 0.2) is 24.3 Å². The van der Waals surface area contributed by atoms with Crippen LogP contribution in [0.5, 0.6) is 0 Å². The maximum absolute atomic E-state index is 11.9. The van der Waals surface area contributed by atoms with E-state index in [4.69, 9.17) is 5.73 Å². The normalized spacial score (nSPS) is 16.2. The van der Waals surface area contributed by atoms with Gasteiger partial charge in [0.25, 0.3) is 0 Å². The predicted molar refractivity (Wildman–Crippen MR) is 87.3 cm³/mol. The molecule has 0 aromatic heterocycles. The Hall–Kier alpha value is -1.88. The quantitative estimate of drug-likeness (QED) is 0.841. The van der Waals surface area contributed by atoms with Crippen LogP contribution in [0.4, 0.5) is 5.69 Å². The molecule has 0 unspecified atom stereocenters. The minimum absolute atomic E-state index is 0.128. The van der Waals surface area contributed by atoms with E-state index in [1.54, 1.807) is 4.90 Å². The SMILES string of the molecule is CC(C)C[C@H](N)C(=O)NCc1cccc(N2CCCC2=O)c1. The highest BCUT2D eigenvalue weighted by Gasteiger charge is 2.21. The van der Waals surface area contributed by atoms with Crippen molar-refractivity contribution in [2.24, 2.45) is 11.7 Å². The van der Waals surface area contributed by atoms with E-state index in [0.717, 1.165) is 24.2 Å². The molecule has 1 aromatic rings. The zero-order chi connectivity index (χ0) is 16.1. The van der Waals surface area contributed by atoms with Gasteiger partial charge in [-0.2, -0.15) is 0 Å². The molecule has 2 rings (SSSR count). The molecule has 1 aliphatic heterocycles. The first-order valence-electron chi connectivity index (χ1n) is 7.90. The van der Waals surface area contributed by atoms with Crippen LogP contribution in [0.2, 0.25) is 0 Å². The second-order valence-electron chi connectivity index (χ2n) is 6.27. The summed E-state index contributed by atoms with van der Waals surface area (Å²) in [5.74, 6) is 0.432. The van der Waals surface area contributed by atoms with Crippen molar-refractivity contribution in [2.45, 2.75) is 45.7 Å². The lowest BCUT2D eigenvalue weighted by Crippen LogP contribution is -2.41. The van der Waals surface area contributed by atoms with E-state index in [1.165, 1.54) is 0 Å². The van der Waals surface area contributed by atoms with Gasteiger partial charge in [-0.3, -0.25) is 9.59 Å². The number of amides is 2. The van der Waals surface area contributed by atoms with Gasteiger partial charge in [-0.1, -0.05) is 26.0 Å². The molecule has 1 atom stereocenters. The molecule has 0 spiro atoms. The van der Waals surface area contributed by atoms with Crippen LogP contribution in [-0.2, 0) is 16.1 Å². The first kappa shape index (κ1) is 16.5. The van der Waals surface area contributed by atoms with Crippen molar-refractivity contribution in [3.63, 3.8) is 0 Å². The number of nitrogens with one attached hydrogen (secondary N) is 1. The summed E-state index contributed by atoms with van der Waals surface area (Å²) in [5, 5.41) is 2.87. The summed E-state index contributed by atoms with van der Waals surface area (Å²) in [6.07, 6.45) is 2.20. The Bertz CT molecular complexity index is 542. The Labute approximate surface area is 131 Å². The Balaban J connectivity index is 1.93. The monoisotopic (exact) mass is 303 g/mol. The van der Waals surface area contributed by atoms with E-state index in [9.17, 15) is 9.59 Å². The fraction of sp³-hybridized carbons (Fsp3) is 0.529. The van der Waals surface area contributed by atoms with Crippen molar-refractivity contribution in [1.82, 2.24) is 5.32 Å². The van der Waals surface area contributed by atoms with Gasteiger partial charge in [0.1, 0.15) is 0 Å². The molecule has 1 fully saturated rings. The minimum atomic E-state index is -0.469. The standard InChI is InChI=1S/C17H25N3O2/c1-12(2)9-15(18)17(22)19-11-13-5-3-6-14(10-13)20-8-4-7-16(20)21/h3,5-6,10,12,15H,4,7-9,11,18H2,1-2H3,(H,19,22)/t15-/m0/s1. The third-order valence-electron chi connectivity index (χ3n) is 3.82. The number of rotatable bonds is 6. The zero-order valence-electron chi connectivity index (χ0n) is 13.3. The van der Waals surface area contributed by atoms with Crippen LogP contribution in [0.1, 0.15) is 38.7 Å². The van der Waals surface area contributed by atoms with E-state index in [-0.39, 0.29) is 11.8 Å². The van der Waals surface area contributed by atoms with Gasteiger partial charge in [0.15, 0.2) is 0 Å². The molecule has 22 heavy (non-hydrogen) atoms. The largest absolute Gasteiger partial charge is 0.351 e. The molecule has 5 nitrogen and oxygen atoms in total. The van der Waals surface area contributed by atoms with E-state index < -0.39 is 6.04 Å². The van der Waals surface area contributed by atoms with Crippen molar-refractivity contribution >= 4 is 17.5 Å². The molecular weight excluding hydrogens is 278 g/mol. The molecule has 0 bridgehead atoms. The maximum Gasteiger partial charge on any atom is 0.237 e. The first-order valence-corrected chi connectivity index (χ1v) is 7.90. The van der Waals surface area contributed by atoms with Crippen LogP contribution >= 0.6 is 0 Å². The molecule has 0 aliphatic carbocycles. The fourth-order valence-corrected chi connectivity index (χ4v) is 2.69. The van der Waals surface area contributed by atoms with Gasteiger partial charge in [0, 0.05) is 25.2 Å². The summed E-state index contributed by atoms with van der Waals surface area (Å²) in [5.41, 5.74) is 7.74. The Morgan fingerprint density at radius 2 is 2.18 bits per heavy atom. The average Bonchev–Trinajstić information content (AvgIpc) is 2.90. The lowest BCUT2D eigenvalue weighted by molar-refractivity contribution is -0.122. The van der Waals surface area contributed by atoms with Crippen molar-refractivity contribution in [1.29, 1.82) is 0 Å². The Morgan fingerprint density at radius 1 is 1.41 bits per heavy atom. The Kier molecular flexibility index (Phi) is 5.55. The number of nitrogens with two attached hydrogens (primary N) is 1. The fourth-order valence-electron chi connectivity index (χ4n) is 2.69. The third-order valence-corrected chi connectivity index (χ3v) is 3.82. The van der Waals surface area contributed by atoms with Gasteiger partial charge in [-0.05, 0) is 36.5 Å². The number of carbonyl (C=O) groups excluding carboxylic acids is 2. The number of carbonyl (C=O) groups is 2. The average molecular weight is 303 g/mol. The molecule has 2 amide bonds. The highest BCUT2D eigenvalue weighted by atomic mass is 16.2. The number of hydrogen-bond acceptors (Lipinski definition) is 3. The van der Waals surface area contributed by atoms with E-state index >= 15 is 0 Å². The van der Waals surface area contributed by atoms with Crippen molar-refractivity contribution in [3.05, 3.63) is 29.8 Å². The molecule has 120 valence electrons. The van der Waals surface area contributed by atoms with Crippen molar-refractivity contribution < 1.29 is 9.59 Å². The molecule has 5 heteroatoms. The van der Waals surface area contributed by atoms with Crippen molar-refractivity contribution in [2.75, 3.05) is 11.4 Å². The van der Waals surface area contributed by atoms with Gasteiger partial charge >= 0.3 is 0 Å². The first-order chi connectivity index (χ1) is 10.5. The molecule has 0 radical (unpaired) electrons. The van der Waals surface area contributed by atoms with Crippen LogP contribution in [0.3, 0.4) is 0 Å². The molecule has 0 saturated carbocycles. The Morgan fingerprint density at radius 3 is 2.82 bits per heavy atom. The van der Waals surface area contributed by atoms with Crippen LogP contribution < -0.4 is 16.0 Å². The van der Waals surface area contributed by atoms with Crippen LogP contribution in [0, 0.1) is 5.92 Å². The van der Waals surface area contributed by atoms with Crippen LogP contribution in [-0.4, -0.2) is 24.4 Å². The molecular formula is C17H25N3O2. The van der Waals surface area contributed by atoms with Gasteiger partial charge in [0.05, 0.1) is 6.04 Å².